The molecule has 0 saturated heterocycles. The highest BCUT2D eigenvalue weighted by molar-refractivity contribution is 6.04. The van der Waals surface area contributed by atoms with Crippen molar-refractivity contribution >= 4 is 17.5 Å². The topological polar surface area (TPSA) is 75.4 Å². The highest BCUT2D eigenvalue weighted by Gasteiger charge is 2.25. The molecule has 0 unspecified atom stereocenters. The number of nitrogens with one attached hydrogen (secondary N) is 1. The van der Waals surface area contributed by atoms with Crippen LogP contribution in [0.1, 0.15) is 54.4 Å². The van der Waals surface area contributed by atoms with E-state index in [1.54, 1.807) is 6.07 Å². The van der Waals surface area contributed by atoms with Gasteiger partial charge in [-0.15, -0.1) is 0 Å². The van der Waals surface area contributed by atoms with Gasteiger partial charge in [0, 0.05) is 30.3 Å². The molecule has 0 spiro atoms. The Labute approximate surface area is 177 Å². The van der Waals surface area contributed by atoms with Gasteiger partial charge < -0.3 is 16.0 Å². The summed E-state index contributed by atoms with van der Waals surface area (Å²) in [6.45, 7) is 1.68. The fraction of sp³-hybridized carbons (Fsp3) is 0.417. The highest BCUT2D eigenvalue weighted by Crippen LogP contribution is 2.26. The van der Waals surface area contributed by atoms with Crippen LogP contribution in [-0.4, -0.2) is 29.8 Å². The molecule has 5 nitrogen and oxygen atoms in total. The second-order valence-corrected chi connectivity index (χ2v) is 7.90. The summed E-state index contributed by atoms with van der Waals surface area (Å²) >= 11 is 0. The van der Waals surface area contributed by atoms with Crippen LogP contribution in [0, 0.1) is 11.7 Å². The first kappa shape index (κ1) is 22.0. The first-order chi connectivity index (χ1) is 14.6. The van der Waals surface area contributed by atoms with Crippen molar-refractivity contribution in [3.63, 3.8) is 0 Å². The van der Waals surface area contributed by atoms with E-state index in [-0.39, 0.29) is 23.5 Å². The molecule has 0 bridgehead atoms. The summed E-state index contributed by atoms with van der Waals surface area (Å²) in [6, 6.07) is 12.9. The molecule has 0 heterocycles. The van der Waals surface area contributed by atoms with Crippen molar-refractivity contribution < 1.29 is 14.0 Å². The second-order valence-electron chi connectivity index (χ2n) is 7.90. The lowest BCUT2D eigenvalue weighted by Crippen LogP contribution is -2.37. The molecule has 2 aromatic carbocycles. The van der Waals surface area contributed by atoms with Crippen molar-refractivity contribution in [2.24, 2.45) is 11.7 Å². The third-order valence-electron chi connectivity index (χ3n) is 5.56. The molecule has 0 aliphatic heterocycles. The van der Waals surface area contributed by atoms with Crippen molar-refractivity contribution in [2.45, 2.75) is 45.1 Å². The van der Waals surface area contributed by atoms with Gasteiger partial charge in [-0.05, 0) is 67.8 Å². The van der Waals surface area contributed by atoms with E-state index in [1.807, 2.05) is 23.1 Å². The third kappa shape index (κ3) is 6.13. The van der Waals surface area contributed by atoms with Gasteiger partial charge in [-0.2, -0.15) is 0 Å². The zero-order valence-electron chi connectivity index (χ0n) is 17.3. The van der Waals surface area contributed by atoms with E-state index in [2.05, 4.69) is 5.32 Å². The van der Waals surface area contributed by atoms with Gasteiger partial charge in [-0.25, -0.2) is 4.39 Å². The largest absolute Gasteiger partial charge is 0.338 e. The van der Waals surface area contributed by atoms with Gasteiger partial charge in [0.2, 0.25) is 5.91 Å². The molecule has 2 amide bonds. The molecule has 0 aromatic heterocycles. The van der Waals surface area contributed by atoms with Crippen LogP contribution in [0.4, 0.5) is 10.1 Å². The summed E-state index contributed by atoms with van der Waals surface area (Å²) in [4.78, 5) is 27.4. The van der Waals surface area contributed by atoms with Gasteiger partial charge in [0.15, 0.2) is 0 Å². The summed E-state index contributed by atoms with van der Waals surface area (Å²) in [5.74, 6) is -0.360. The van der Waals surface area contributed by atoms with E-state index in [0.717, 1.165) is 37.7 Å². The van der Waals surface area contributed by atoms with Gasteiger partial charge in [0.1, 0.15) is 5.82 Å². The molecule has 160 valence electrons. The predicted molar refractivity (Wildman–Crippen MR) is 116 cm³/mol. The monoisotopic (exact) mass is 411 g/mol. The Bertz CT molecular complexity index is 848. The summed E-state index contributed by atoms with van der Waals surface area (Å²) < 4.78 is 13.1. The fourth-order valence-electron chi connectivity index (χ4n) is 3.93. The molecule has 1 aliphatic carbocycles. The van der Waals surface area contributed by atoms with E-state index in [1.165, 1.54) is 30.7 Å². The van der Waals surface area contributed by atoms with E-state index in [4.69, 9.17) is 5.73 Å². The molecule has 2 aromatic rings. The van der Waals surface area contributed by atoms with Crippen LogP contribution in [0.25, 0.3) is 0 Å². The van der Waals surface area contributed by atoms with Crippen LogP contribution in [0.2, 0.25) is 0 Å². The lowest BCUT2D eigenvalue weighted by atomic mass is 9.88. The Kier molecular flexibility index (Phi) is 7.97. The average molecular weight is 412 g/mol. The van der Waals surface area contributed by atoms with Crippen LogP contribution in [-0.2, 0) is 11.3 Å². The van der Waals surface area contributed by atoms with E-state index in [9.17, 15) is 14.0 Å². The Hall–Kier alpha value is -2.73. The molecule has 3 N–H and O–H groups in total. The molecule has 1 aliphatic rings. The van der Waals surface area contributed by atoms with Gasteiger partial charge in [-0.3, -0.25) is 9.59 Å². The minimum Gasteiger partial charge on any atom is -0.338 e. The van der Waals surface area contributed by atoms with Crippen molar-refractivity contribution in [3.05, 3.63) is 65.5 Å². The van der Waals surface area contributed by atoms with Crippen molar-refractivity contribution in [3.8, 4) is 0 Å². The summed E-state index contributed by atoms with van der Waals surface area (Å²) in [5.41, 5.74) is 7.67. The minimum absolute atomic E-state index is 0.109. The zero-order valence-corrected chi connectivity index (χ0v) is 17.3. The maximum Gasteiger partial charge on any atom is 0.255 e. The Morgan fingerprint density at radius 2 is 1.80 bits per heavy atom. The van der Waals surface area contributed by atoms with Crippen molar-refractivity contribution in [1.82, 2.24) is 4.90 Å². The number of hydrogen-bond donors (Lipinski definition) is 2. The minimum atomic E-state index is -0.381. The van der Waals surface area contributed by atoms with Crippen molar-refractivity contribution in [2.75, 3.05) is 18.4 Å². The number of halogens is 1. The molecule has 0 atom stereocenters. The molecule has 1 saturated carbocycles. The molecule has 0 radical (unpaired) electrons. The van der Waals surface area contributed by atoms with Crippen molar-refractivity contribution in [1.29, 1.82) is 0 Å². The smallest absolute Gasteiger partial charge is 0.255 e. The fourth-order valence-corrected chi connectivity index (χ4v) is 3.93. The first-order valence-electron chi connectivity index (χ1n) is 10.7. The van der Waals surface area contributed by atoms with Crippen LogP contribution in [0.3, 0.4) is 0 Å². The quantitative estimate of drug-likeness (QED) is 0.679. The normalized spacial score (nSPS) is 14.3. The third-order valence-corrected chi connectivity index (χ3v) is 5.56. The van der Waals surface area contributed by atoms with Gasteiger partial charge in [0.25, 0.3) is 5.91 Å². The number of amides is 2. The van der Waals surface area contributed by atoms with Crippen LogP contribution in [0.15, 0.2) is 48.5 Å². The Morgan fingerprint density at radius 3 is 2.50 bits per heavy atom. The van der Waals surface area contributed by atoms with Crippen LogP contribution >= 0.6 is 0 Å². The number of hydrogen-bond acceptors (Lipinski definition) is 3. The first-order valence-corrected chi connectivity index (χ1v) is 10.7. The maximum absolute atomic E-state index is 13.1. The SMILES string of the molecule is NCCCN(Cc1cccc(NC(=O)c2ccc(F)cc2)c1)C(=O)C1CCCCC1. The average Bonchev–Trinajstić information content (AvgIpc) is 2.77. The Balaban J connectivity index is 1.68. The summed E-state index contributed by atoms with van der Waals surface area (Å²) in [7, 11) is 0. The maximum atomic E-state index is 13.1. The van der Waals surface area contributed by atoms with Crippen LogP contribution < -0.4 is 11.1 Å². The number of carbonyl (C=O) groups is 2. The summed E-state index contributed by atoms with van der Waals surface area (Å²) in [6.07, 6.45) is 6.14. The highest BCUT2D eigenvalue weighted by atomic mass is 19.1. The number of benzene rings is 2. The molecule has 3 rings (SSSR count). The second kappa shape index (κ2) is 10.9. The molecule has 1 fully saturated rings. The number of anilines is 1. The predicted octanol–water partition coefficient (Wildman–Crippen LogP) is 4.34. The lowest BCUT2D eigenvalue weighted by Gasteiger charge is -2.29. The van der Waals surface area contributed by atoms with E-state index in [0.29, 0.717) is 30.9 Å². The van der Waals surface area contributed by atoms with Crippen LogP contribution in [0.5, 0.6) is 0 Å². The molecule has 30 heavy (non-hydrogen) atoms. The zero-order chi connectivity index (χ0) is 21.3. The Morgan fingerprint density at radius 1 is 1.07 bits per heavy atom. The van der Waals surface area contributed by atoms with Gasteiger partial charge >= 0.3 is 0 Å². The molecular formula is C24H30FN3O2. The number of rotatable bonds is 8. The molecular weight excluding hydrogens is 381 g/mol. The molecule has 6 heteroatoms. The van der Waals surface area contributed by atoms with Gasteiger partial charge in [0.05, 0.1) is 0 Å². The van der Waals surface area contributed by atoms with Gasteiger partial charge in [-0.1, -0.05) is 31.4 Å². The standard InChI is InChI=1S/C24H30FN3O2/c25-21-12-10-19(11-13-21)23(29)27-22-9-4-6-18(16-22)17-28(15-5-14-26)24(30)20-7-2-1-3-8-20/h4,6,9-13,16,20H,1-3,5,7-8,14-15,17,26H2,(H,27,29). The number of carbonyl (C=O) groups excluding carboxylic acids is 2. The summed E-state index contributed by atoms with van der Waals surface area (Å²) in [5, 5.41) is 2.84. The number of nitrogens with zero attached hydrogens (tertiary/aromatic N) is 1. The van der Waals surface area contributed by atoms with E-state index >= 15 is 0 Å². The number of nitrogens with two attached hydrogens (primary N) is 1. The van der Waals surface area contributed by atoms with E-state index < -0.39 is 0 Å². The lowest BCUT2D eigenvalue weighted by molar-refractivity contribution is -0.137.